The number of aromatic nitrogens is 1. The highest BCUT2D eigenvalue weighted by atomic mass is 35.5. The molecule has 3 rings (SSSR count). The molecule has 5 nitrogen and oxygen atoms in total. The highest BCUT2D eigenvalue weighted by molar-refractivity contribution is 7.13. The van der Waals surface area contributed by atoms with Gasteiger partial charge >= 0.3 is 0 Å². The van der Waals surface area contributed by atoms with Crippen LogP contribution in [-0.4, -0.2) is 10.9 Å². The molecule has 0 unspecified atom stereocenters. The Bertz CT molecular complexity index is 996. The maximum absolute atomic E-state index is 12.2. The van der Waals surface area contributed by atoms with Gasteiger partial charge in [0.25, 0.3) is 5.91 Å². The van der Waals surface area contributed by atoms with E-state index in [1.807, 2.05) is 36.4 Å². The second-order valence-corrected chi connectivity index (χ2v) is 6.73. The Morgan fingerprint density at radius 3 is 2.78 bits per heavy atom. The number of nitrogens with one attached hydrogen (secondary N) is 1. The van der Waals surface area contributed by atoms with Gasteiger partial charge in [-0.25, -0.2) is 4.98 Å². The number of hydrogen-bond acceptors (Lipinski definition) is 5. The van der Waals surface area contributed by atoms with Gasteiger partial charge in [0.05, 0.1) is 5.02 Å². The SMILES string of the molecule is N#C/C(=C/c1ccc(OCc2ccccc2)c(Cl)c1)C(=O)Nc1nccs1. The van der Waals surface area contributed by atoms with Crippen molar-refractivity contribution in [1.82, 2.24) is 4.98 Å². The monoisotopic (exact) mass is 395 g/mol. The fourth-order valence-corrected chi connectivity index (χ4v) is 2.99. The zero-order valence-electron chi connectivity index (χ0n) is 14.1. The first-order chi connectivity index (χ1) is 13.2. The number of nitriles is 1. The van der Waals surface area contributed by atoms with Crippen molar-refractivity contribution in [3.63, 3.8) is 0 Å². The van der Waals surface area contributed by atoms with Crippen molar-refractivity contribution in [2.45, 2.75) is 6.61 Å². The summed E-state index contributed by atoms with van der Waals surface area (Å²) in [5.41, 5.74) is 1.61. The molecule has 2 aromatic carbocycles. The number of nitrogens with zero attached hydrogens (tertiary/aromatic N) is 2. The molecule has 27 heavy (non-hydrogen) atoms. The van der Waals surface area contributed by atoms with E-state index in [1.54, 1.807) is 29.8 Å². The van der Waals surface area contributed by atoms with Crippen LogP contribution in [0.1, 0.15) is 11.1 Å². The summed E-state index contributed by atoms with van der Waals surface area (Å²) in [7, 11) is 0. The number of benzene rings is 2. The van der Waals surface area contributed by atoms with Crippen molar-refractivity contribution < 1.29 is 9.53 Å². The molecule has 0 atom stereocenters. The summed E-state index contributed by atoms with van der Waals surface area (Å²) in [4.78, 5) is 16.1. The highest BCUT2D eigenvalue weighted by Crippen LogP contribution is 2.27. The van der Waals surface area contributed by atoms with Crippen LogP contribution in [0.4, 0.5) is 5.13 Å². The first kappa shape index (κ1) is 18.6. The largest absolute Gasteiger partial charge is 0.487 e. The van der Waals surface area contributed by atoms with Crippen LogP contribution in [0.5, 0.6) is 5.75 Å². The second kappa shape index (κ2) is 8.99. The van der Waals surface area contributed by atoms with E-state index in [1.165, 1.54) is 17.4 Å². The van der Waals surface area contributed by atoms with E-state index in [2.05, 4.69) is 10.3 Å². The van der Waals surface area contributed by atoms with E-state index in [4.69, 9.17) is 16.3 Å². The zero-order valence-corrected chi connectivity index (χ0v) is 15.6. The van der Waals surface area contributed by atoms with Gasteiger partial charge in [-0.3, -0.25) is 10.1 Å². The van der Waals surface area contributed by atoms with Crippen molar-refractivity contribution >= 4 is 40.1 Å². The maximum Gasteiger partial charge on any atom is 0.268 e. The number of hydrogen-bond donors (Lipinski definition) is 1. The molecule has 0 aliphatic rings. The lowest BCUT2D eigenvalue weighted by atomic mass is 10.1. The van der Waals surface area contributed by atoms with E-state index >= 15 is 0 Å². The standard InChI is InChI=1S/C20H14ClN3O2S/c21-17-11-15(6-7-18(17)26-13-14-4-2-1-3-5-14)10-16(12-22)19(25)24-20-23-8-9-27-20/h1-11H,13H2,(H,23,24,25)/b16-10-. The number of thiazole rings is 1. The molecule has 1 heterocycles. The molecule has 0 bridgehead atoms. The molecule has 7 heteroatoms. The molecular weight excluding hydrogens is 382 g/mol. The van der Waals surface area contributed by atoms with Crippen molar-refractivity contribution in [3.8, 4) is 11.8 Å². The van der Waals surface area contributed by atoms with E-state index in [0.717, 1.165) is 5.56 Å². The molecule has 134 valence electrons. The van der Waals surface area contributed by atoms with Gasteiger partial charge in [0.2, 0.25) is 0 Å². The van der Waals surface area contributed by atoms with Crippen molar-refractivity contribution in [1.29, 1.82) is 5.26 Å². The summed E-state index contributed by atoms with van der Waals surface area (Å²) in [5.74, 6) is 0.0105. The fourth-order valence-electron chi connectivity index (χ4n) is 2.22. The van der Waals surface area contributed by atoms with Crippen molar-refractivity contribution in [2.75, 3.05) is 5.32 Å². The summed E-state index contributed by atoms with van der Waals surface area (Å²) in [6, 6.07) is 16.7. The van der Waals surface area contributed by atoms with E-state index < -0.39 is 5.91 Å². The molecule has 1 N–H and O–H groups in total. The molecule has 0 spiro atoms. The Labute approximate surface area is 165 Å². The van der Waals surface area contributed by atoms with Crippen LogP contribution in [0.3, 0.4) is 0 Å². The lowest BCUT2D eigenvalue weighted by Crippen LogP contribution is -2.13. The Morgan fingerprint density at radius 2 is 2.11 bits per heavy atom. The molecule has 1 aromatic heterocycles. The Kier molecular flexibility index (Phi) is 6.21. The van der Waals surface area contributed by atoms with Crippen LogP contribution in [0.2, 0.25) is 5.02 Å². The third-order valence-electron chi connectivity index (χ3n) is 3.52. The molecule has 1 amide bonds. The summed E-state index contributed by atoms with van der Waals surface area (Å²) >= 11 is 7.55. The lowest BCUT2D eigenvalue weighted by Gasteiger charge is -2.09. The van der Waals surface area contributed by atoms with Crippen molar-refractivity contribution in [2.24, 2.45) is 0 Å². The number of ether oxygens (including phenoxy) is 1. The molecule has 0 fully saturated rings. The fraction of sp³-hybridized carbons (Fsp3) is 0.0500. The van der Waals surface area contributed by atoms with Gasteiger partial charge in [0.15, 0.2) is 5.13 Å². The average molecular weight is 396 g/mol. The van der Waals surface area contributed by atoms with Crippen LogP contribution >= 0.6 is 22.9 Å². The van der Waals surface area contributed by atoms with Gasteiger partial charge in [0.1, 0.15) is 24.0 Å². The number of carbonyl (C=O) groups is 1. The third-order valence-corrected chi connectivity index (χ3v) is 4.51. The summed E-state index contributed by atoms with van der Waals surface area (Å²) < 4.78 is 5.72. The van der Waals surface area contributed by atoms with Crippen molar-refractivity contribution in [3.05, 3.63) is 81.8 Å². The van der Waals surface area contributed by atoms with Crippen LogP contribution in [0.25, 0.3) is 6.08 Å². The van der Waals surface area contributed by atoms with E-state index in [9.17, 15) is 10.1 Å². The Hall–Kier alpha value is -3.14. The minimum atomic E-state index is -0.520. The normalized spacial score (nSPS) is 10.9. The summed E-state index contributed by atoms with van der Waals surface area (Å²) in [5, 5.41) is 14.4. The maximum atomic E-state index is 12.2. The minimum absolute atomic E-state index is 0.0424. The average Bonchev–Trinajstić information content (AvgIpc) is 3.19. The van der Waals surface area contributed by atoms with Gasteiger partial charge in [0, 0.05) is 11.6 Å². The third kappa shape index (κ3) is 5.17. The first-order valence-electron chi connectivity index (χ1n) is 7.94. The molecular formula is C20H14ClN3O2S. The quantitative estimate of drug-likeness (QED) is 0.474. The molecule has 0 radical (unpaired) electrons. The van der Waals surface area contributed by atoms with Gasteiger partial charge in [-0.2, -0.15) is 5.26 Å². The predicted octanol–water partition coefficient (Wildman–Crippen LogP) is 4.92. The zero-order chi connectivity index (χ0) is 19.1. The second-order valence-electron chi connectivity index (χ2n) is 5.43. The smallest absolute Gasteiger partial charge is 0.268 e. The highest BCUT2D eigenvalue weighted by Gasteiger charge is 2.11. The Morgan fingerprint density at radius 1 is 1.30 bits per heavy atom. The number of carbonyl (C=O) groups excluding carboxylic acids is 1. The van der Waals surface area contributed by atoms with E-state index in [0.29, 0.717) is 28.1 Å². The van der Waals surface area contributed by atoms with Crippen LogP contribution in [0, 0.1) is 11.3 Å². The molecule has 0 aliphatic heterocycles. The number of anilines is 1. The van der Waals surface area contributed by atoms with Crippen LogP contribution in [0.15, 0.2) is 65.7 Å². The predicted molar refractivity (Wildman–Crippen MR) is 107 cm³/mol. The van der Waals surface area contributed by atoms with Gasteiger partial charge in [-0.15, -0.1) is 11.3 Å². The number of rotatable bonds is 6. The summed E-state index contributed by atoms with van der Waals surface area (Å²) in [6.07, 6.45) is 3.04. The topological polar surface area (TPSA) is 75.0 Å². The lowest BCUT2D eigenvalue weighted by molar-refractivity contribution is -0.112. The van der Waals surface area contributed by atoms with Crippen LogP contribution < -0.4 is 10.1 Å². The Balaban J connectivity index is 1.70. The van der Waals surface area contributed by atoms with Gasteiger partial charge in [-0.1, -0.05) is 48.0 Å². The number of halogens is 1. The summed E-state index contributed by atoms with van der Waals surface area (Å²) in [6.45, 7) is 0.398. The molecule has 0 saturated heterocycles. The minimum Gasteiger partial charge on any atom is -0.487 e. The molecule has 0 saturated carbocycles. The molecule has 3 aromatic rings. The number of amides is 1. The van der Waals surface area contributed by atoms with Gasteiger partial charge in [-0.05, 0) is 29.3 Å². The van der Waals surface area contributed by atoms with E-state index in [-0.39, 0.29) is 5.57 Å². The van der Waals surface area contributed by atoms with Crippen LogP contribution in [-0.2, 0) is 11.4 Å². The first-order valence-corrected chi connectivity index (χ1v) is 9.20. The molecule has 0 aliphatic carbocycles. The van der Waals surface area contributed by atoms with Gasteiger partial charge < -0.3 is 4.74 Å².